The monoisotopic (exact) mass is 445 g/mol. The molecular formula is C22H31N5O3S. The lowest BCUT2D eigenvalue weighted by Crippen LogP contribution is -2.42. The number of guanidine groups is 1. The number of thiazole rings is 1. The highest BCUT2D eigenvalue weighted by atomic mass is 32.1. The standard InChI is InChI=1S/C22H31N5O3S/c1-15-25-17(14-31-15)8-9-23-21(24-13-20(28)27-22(2,3)4)26-16-6-7-18-19(12-16)30-11-5-10-29-18/h6-7,12,14H,5,8-11,13H2,1-4H3,(H,27,28)(H2,23,24,26). The van der Waals surface area contributed by atoms with Crippen molar-refractivity contribution in [3.8, 4) is 11.5 Å². The number of rotatable bonds is 6. The smallest absolute Gasteiger partial charge is 0.242 e. The fourth-order valence-electron chi connectivity index (χ4n) is 2.96. The van der Waals surface area contributed by atoms with Crippen molar-refractivity contribution in [2.24, 2.45) is 4.99 Å². The number of amides is 1. The summed E-state index contributed by atoms with van der Waals surface area (Å²) in [5.41, 5.74) is 1.54. The lowest BCUT2D eigenvalue weighted by Gasteiger charge is -2.20. The number of carbonyl (C=O) groups excluding carboxylic acids is 1. The van der Waals surface area contributed by atoms with Gasteiger partial charge in [0, 0.05) is 42.1 Å². The number of fused-ring (bicyclic) bond motifs is 1. The summed E-state index contributed by atoms with van der Waals surface area (Å²) in [5.74, 6) is 1.82. The Morgan fingerprint density at radius 1 is 1.23 bits per heavy atom. The Labute approximate surface area is 187 Å². The first-order chi connectivity index (χ1) is 14.8. The maximum Gasteiger partial charge on any atom is 0.242 e. The normalized spacial score (nSPS) is 14.0. The number of nitrogens with zero attached hydrogens (tertiary/aromatic N) is 2. The number of carbonyl (C=O) groups is 1. The third-order valence-corrected chi connectivity index (χ3v) is 5.07. The molecule has 2 heterocycles. The van der Waals surface area contributed by atoms with Crippen molar-refractivity contribution in [2.75, 3.05) is 31.6 Å². The summed E-state index contributed by atoms with van der Waals surface area (Å²) in [6.45, 7) is 9.75. The molecule has 0 aliphatic carbocycles. The molecule has 1 aliphatic rings. The van der Waals surface area contributed by atoms with E-state index in [1.54, 1.807) is 11.3 Å². The molecule has 1 aliphatic heterocycles. The molecule has 0 spiro atoms. The maximum absolute atomic E-state index is 12.2. The Morgan fingerprint density at radius 3 is 2.71 bits per heavy atom. The van der Waals surface area contributed by atoms with Crippen LogP contribution in [0.3, 0.4) is 0 Å². The van der Waals surface area contributed by atoms with E-state index < -0.39 is 0 Å². The fraction of sp³-hybridized carbons (Fsp3) is 0.500. The van der Waals surface area contributed by atoms with Gasteiger partial charge in [-0.3, -0.25) is 4.79 Å². The third kappa shape index (κ3) is 7.75. The van der Waals surface area contributed by atoms with E-state index in [1.807, 2.05) is 45.9 Å². The molecular weight excluding hydrogens is 414 g/mol. The maximum atomic E-state index is 12.2. The largest absolute Gasteiger partial charge is 0.490 e. The Kier molecular flexibility index (Phi) is 7.73. The van der Waals surface area contributed by atoms with E-state index in [0.717, 1.165) is 35.0 Å². The summed E-state index contributed by atoms with van der Waals surface area (Å²) in [5, 5.41) is 12.6. The molecule has 3 rings (SSSR count). The van der Waals surface area contributed by atoms with Crippen molar-refractivity contribution in [2.45, 2.75) is 46.1 Å². The van der Waals surface area contributed by atoms with Crippen molar-refractivity contribution in [3.63, 3.8) is 0 Å². The van der Waals surface area contributed by atoms with E-state index in [4.69, 9.17) is 9.47 Å². The number of aliphatic imine (C=N–C) groups is 1. The second-order valence-electron chi connectivity index (χ2n) is 8.33. The average Bonchev–Trinajstić information content (AvgIpc) is 2.96. The molecule has 0 saturated carbocycles. The quantitative estimate of drug-likeness (QED) is 0.467. The average molecular weight is 446 g/mol. The van der Waals surface area contributed by atoms with Crippen LogP contribution in [0.15, 0.2) is 28.6 Å². The van der Waals surface area contributed by atoms with Gasteiger partial charge < -0.3 is 25.4 Å². The molecule has 9 heteroatoms. The van der Waals surface area contributed by atoms with Crippen LogP contribution in [0.4, 0.5) is 5.69 Å². The molecule has 0 unspecified atom stereocenters. The van der Waals surface area contributed by atoms with Gasteiger partial charge in [-0.05, 0) is 39.8 Å². The number of nitrogens with one attached hydrogen (secondary N) is 3. The molecule has 0 fully saturated rings. The molecule has 168 valence electrons. The molecule has 1 amide bonds. The predicted molar refractivity (Wildman–Crippen MR) is 124 cm³/mol. The van der Waals surface area contributed by atoms with Crippen LogP contribution >= 0.6 is 11.3 Å². The first-order valence-corrected chi connectivity index (χ1v) is 11.3. The van der Waals surface area contributed by atoms with Gasteiger partial charge in [0.05, 0.1) is 23.9 Å². The summed E-state index contributed by atoms with van der Waals surface area (Å²) in [4.78, 5) is 21.2. The van der Waals surface area contributed by atoms with Crippen molar-refractivity contribution in [1.29, 1.82) is 0 Å². The minimum atomic E-state index is -0.301. The van der Waals surface area contributed by atoms with E-state index in [-0.39, 0.29) is 18.0 Å². The minimum Gasteiger partial charge on any atom is -0.490 e. The lowest BCUT2D eigenvalue weighted by atomic mass is 10.1. The van der Waals surface area contributed by atoms with E-state index in [1.165, 1.54) is 0 Å². The molecule has 2 aromatic rings. The molecule has 8 nitrogen and oxygen atoms in total. The Balaban J connectivity index is 1.67. The SMILES string of the molecule is Cc1nc(CCNC(=NCC(=O)NC(C)(C)C)Nc2ccc3c(c2)OCCCO3)cs1. The van der Waals surface area contributed by atoms with Gasteiger partial charge in [0.25, 0.3) is 0 Å². The van der Waals surface area contributed by atoms with Crippen LogP contribution in [0, 0.1) is 6.92 Å². The van der Waals surface area contributed by atoms with E-state index in [9.17, 15) is 4.79 Å². The molecule has 0 bridgehead atoms. The summed E-state index contributed by atoms with van der Waals surface area (Å²) in [6, 6.07) is 5.67. The lowest BCUT2D eigenvalue weighted by molar-refractivity contribution is -0.121. The van der Waals surface area contributed by atoms with E-state index in [0.29, 0.717) is 31.5 Å². The number of hydrogen-bond donors (Lipinski definition) is 3. The predicted octanol–water partition coefficient (Wildman–Crippen LogP) is 3.13. The Morgan fingerprint density at radius 2 is 2.00 bits per heavy atom. The van der Waals surface area contributed by atoms with Crippen LogP contribution in [0.5, 0.6) is 11.5 Å². The minimum absolute atomic E-state index is 0.0208. The molecule has 0 atom stereocenters. The number of aryl methyl sites for hydroxylation is 1. The summed E-state index contributed by atoms with van der Waals surface area (Å²) >= 11 is 1.64. The van der Waals surface area contributed by atoms with Gasteiger partial charge in [0.2, 0.25) is 5.91 Å². The molecule has 0 saturated heterocycles. The van der Waals surface area contributed by atoms with E-state index in [2.05, 4.69) is 31.3 Å². The van der Waals surface area contributed by atoms with Gasteiger partial charge >= 0.3 is 0 Å². The Bertz CT molecular complexity index is 920. The third-order valence-electron chi connectivity index (χ3n) is 4.25. The zero-order valence-corrected chi connectivity index (χ0v) is 19.4. The van der Waals surface area contributed by atoms with Gasteiger partial charge in [0.1, 0.15) is 6.54 Å². The highest BCUT2D eigenvalue weighted by molar-refractivity contribution is 7.09. The number of anilines is 1. The second-order valence-corrected chi connectivity index (χ2v) is 9.40. The molecule has 31 heavy (non-hydrogen) atoms. The number of ether oxygens (including phenoxy) is 2. The summed E-state index contributed by atoms with van der Waals surface area (Å²) in [6.07, 6.45) is 1.62. The molecule has 1 aromatic carbocycles. The van der Waals surface area contributed by atoms with Crippen LogP contribution in [0.2, 0.25) is 0 Å². The first kappa shape index (κ1) is 22.9. The second kappa shape index (κ2) is 10.5. The fourth-order valence-corrected chi connectivity index (χ4v) is 3.61. The van der Waals surface area contributed by atoms with Gasteiger partial charge in [-0.25, -0.2) is 9.98 Å². The van der Waals surface area contributed by atoms with Crippen LogP contribution in [0.1, 0.15) is 37.9 Å². The number of hydrogen-bond acceptors (Lipinski definition) is 6. The van der Waals surface area contributed by atoms with Gasteiger partial charge in [-0.1, -0.05) is 0 Å². The molecule has 3 N–H and O–H groups in total. The van der Waals surface area contributed by atoms with Gasteiger partial charge in [0.15, 0.2) is 17.5 Å². The molecule has 1 aromatic heterocycles. The number of aromatic nitrogens is 1. The van der Waals surface area contributed by atoms with E-state index >= 15 is 0 Å². The molecule has 0 radical (unpaired) electrons. The zero-order valence-electron chi connectivity index (χ0n) is 18.6. The van der Waals surface area contributed by atoms with Crippen molar-refractivity contribution < 1.29 is 14.3 Å². The van der Waals surface area contributed by atoms with Gasteiger partial charge in [-0.15, -0.1) is 11.3 Å². The van der Waals surface area contributed by atoms with Crippen LogP contribution in [0.25, 0.3) is 0 Å². The highest BCUT2D eigenvalue weighted by Gasteiger charge is 2.14. The zero-order chi connectivity index (χ0) is 22.3. The summed E-state index contributed by atoms with van der Waals surface area (Å²) in [7, 11) is 0. The van der Waals surface area contributed by atoms with Crippen molar-refractivity contribution in [1.82, 2.24) is 15.6 Å². The number of benzene rings is 1. The van der Waals surface area contributed by atoms with Crippen LogP contribution < -0.4 is 25.4 Å². The van der Waals surface area contributed by atoms with Crippen molar-refractivity contribution >= 4 is 28.9 Å². The van der Waals surface area contributed by atoms with Gasteiger partial charge in [-0.2, -0.15) is 0 Å². The topological polar surface area (TPSA) is 96.9 Å². The summed E-state index contributed by atoms with van der Waals surface area (Å²) < 4.78 is 11.5. The Hall–Kier alpha value is -2.81. The highest BCUT2D eigenvalue weighted by Crippen LogP contribution is 2.32. The van der Waals surface area contributed by atoms with Crippen molar-refractivity contribution in [3.05, 3.63) is 34.3 Å². The van der Waals surface area contributed by atoms with Crippen LogP contribution in [-0.4, -0.2) is 48.7 Å². The van der Waals surface area contributed by atoms with Crippen LogP contribution in [-0.2, 0) is 11.2 Å². The first-order valence-electron chi connectivity index (χ1n) is 10.5.